The summed E-state index contributed by atoms with van der Waals surface area (Å²) >= 11 is 1.59. The SMILES string of the molecule is Cl.Nc1nc2c(s1)CNCC2. The molecule has 0 bridgehead atoms. The lowest BCUT2D eigenvalue weighted by Gasteiger charge is -2.09. The molecule has 62 valence electrons. The number of fused-ring (bicyclic) bond motifs is 1. The standard InChI is InChI=1S/C6H9N3S.ClH/c7-6-9-4-1-2-8-3-5(4)10-6;/h8H,1-3H2,(H2,7,9);1H. The van der Waals surface area contributed by atoms with Gasteiger partial charge in [0.2, 0.25) is 0 Å². The van der Waals surface area contributed by atoms with Gasteiger partial charge in [-0.15, -0.1) is 23.7 Å². The molecule has 3 nitrogen and oxygen atoms in total. The van der Waals surface area contributed by atoms with Crippen molar-refractivity contribution in [2.24, 2.45) is 0 Å². The first-order valence-corrected chi connectivity index (χ1v) is 4.12. The van der Waals surface area contributed by atoms with Gasteiger partial charge in [-0.2, -0.15) is 0 Å². The molecule has 2 rings (SSSR count). The van der Waals surface area contributed by atoms with Gasteiger partial charge < -0.3 is 11.1 Å². The van der Waals surface area contributed by atoms with Crippen LogP contribution in [0.5, 0.6) is 0 Å². The van der Waals surface area contributed by atoms with Crippen molar-refractivity contribution in [3.63, 3.8) is 0 Å². The highest BCUT2D eigenvalue weighted by Crippen LogP contribution is 2.22. The summed E-state index contributed by atoms with van der Waals surface area (Å²) in [5, 5.41) is 3.97. The summed E-state index contributed by atoms with van der Waals surface area (Å²) in [6.07, 6.45) is 1.03. The number of hydrogen-bond donors (Lipinski definition) is 2. The van der Waals surface area contributed by atoms with E-state index in [2.05, 4.69) is 10.3 Å². The molecule has 0 radical (unpaired) electrons. The average Bonchev–Trinajstić information content (AvgIpc) is 2.27. The highest BCUT2D eigenvalue weighted by Gasteiger charge is 2.12. The molecule has 0 amide bonds. The van der Waals surface area contributed by atoms with Gasteiger partial charge in [0.25, 0.3) is 0 Å². The molecule has 0 saturated heterocycles. The number of nitrogen functional groups attached to an aromatic ring is 1. The van der Waals surface area contributed by atoms with E-state index >= 15 is 0 Å². The Kier molecular flexibility index (Phi) is 2.70. The Bertz CT molecular complexity index is 224. The molecule has 1 aliphatic heterocycles. The molecule has 0 spiro atoms. The van der Waals surface area contributed by atoms with Crippen LogP contribution < -0.4 is 11.1 Å². The third-order valence-electron chi connectivity index (χ3n) is 1.62. The second-order valence-electron chi connectivity index (χ2n) is 2.35. The van der Waals surface area contributed by atoms with E-state index < -0.39 is 0 Å². The quantitative estimate of drug-likeness (QED) is 0.638. The second-order valence-corrected chi connectivity index (χ2v) is 3.46. The molecule has 0 saturated carbocycles. The number of hydrogen-bond acceptors (Lipinski definition) is 4. The molecule has 3 N–H and O–H groups in total. The van der Waals surface area contributed by atoms with Crippen molar-refractivity contribution in [3.8, 4) is 0 Å². The predicted molar refractivity (Wildman–Crippen MR) is 49.2 cm³/mol. The van der Waals surface area contributed by atoms with Gasteiger partial charge in [-0.05, 0) is 0 Å². The summed E-state index contributed by atoms with van der Waals surface area (Å²) < 4.78 is 0. The fourth-order valence-corrected chi connectivity index (χ4v) is 1.99. The van der Waals surface area contributed by atoms with Gasteiger partial charge in [0.1, 0.15) is 0 Å². The van der Waals surface area contributed by atoms with E-state index in [9.17, 15) is 0 Å². The number of nitrogens with two attached hydrogens (primary N) is 1. The molecular formula is C6H10ClN3S. The molecule has 0 fully saturated rings. The average molecular weight is 192 g/mol. The van der Waals surface area contributed by atoms with E-state index in [0.29, 0.717) is 5.13 Å². The summed E-state index contributed by atoms with van der Waals surface area (Å²) in [6.45, 7) is 1.99. The zero-order chi connectivity index (χ0) is 6.97. The zero-order valence-electron chi connectivity index (χ0n) is 5.96. The van der Waals surface area contributed by atoms with E-state index in [4.69, 9.17) is 5.73 Å². The van der Waals surface area contributed by atoms with Gasteiger partial charge in [0, 0.05) is 24.4 Å². The molecule has 11 heavy (non-hydrogen) atoms. The number of rotatable bonds is 0. The van der Waals surface area contributed by atoms with Crippen LogP contribution in [0.2, 0.25) is 0 Å². The van der Waals surface area contributed by atoms with Gasteiger partial charge in [-0.25, -0.2) is 4.98 Å². The first-order valence-electron chi connectivity index (χ1n) is 3.31. The number of nitrogens with one attached hydrogen (secondary N) is 1. The first-order chi connectivity index (χ1) is 4.86. The van der Waals surface area contributed by atoms with Crippen LogP contribution in [0.3, 0.4) is 0 Å². The highest BCUT2D eigenvalue weighted by atomic mass is 35.5. The molecule has 1 aromatic heterocycles. The molecule has 1 aromatic rings. The van der Waals surface area contributed by atoms with Crippen LogP contribution in [-0.2, 0) is 13.0 Å². The van der Waals surface area contributed by atoms with Crippen LogP contribution in [0.1, 0.15) is 10.6 Å². The third-order valence-corrected chi connectivity index (χ3v) is 2.55. The number of nitrogens with zero attached hydrogens (tertiary/aromatic N) is 1. The van der Waals surface area contributed by atoms with Gasteiger partial charge in [0.05, 0.1) is 5.69 Å². The smallest absolute Gasteiger partial charge is 0.180 e. The van der Waals surface area contributed by atoms with Crippen LogP contribution in [0.25, 0.3) is 0 Å². The first kappa shape index (κ1) is 8.77. The van der Waals surface area contributed by atoms with E-state index in [1.165, 1.54) is 10.6 Å². The Labute approximate surface area is 75.4 Å². The van der Waals surface area contributed by atoms with E-state index in [1.54, 1.807) is 11.3 Å². The molecule has 1 aliphatic rings. The van der Waals surface area contributed by atoms with Crippen LogP contribution in [0, 0.1) is 0 Å². The fraction of sp³-hybridized carbons (Fsp3) is 0.500. The predicted octanol–water partition coefficient (Wildman–Crippen LogP) is 0.793. The van der Waals surface area contributed by atoms with Crippen molar-refractivity contribution >= 4 is 28.9 Å². The van der Waals surface area contributed by atoms with Crippen molar-refractivity contribution in [1.29, 1.82) is 0 Å². The molecular weight excluding hydrogens is 182 g/mol. The monoisotopic (exact) mass is 191 g/mol. The Morgan fingerprint density at radius 2 is 2.36 bits per heavy atom. The third kappa shape index (κ3) is 1.64. The molecule has 0 aromatic carbocycles. The number of thiazole rings is 1. The Hall–Kier alpha value is -0.320. The largest absolute Gasteiger partial charge is 0.375 e. The maximum Gasteiger partial charge on any atom is 0.180 e. The molecule has 5 heteroatoms. The molecule has 2 heterocycles. The number of anilines is 1. The summed E-state index contributed by atoms with van der Waals surface area (Å²) in [5.74, 6) is 0. The van der Waals surface area contributed by atoms with E-state index in [1.807, 2.05) is 0 Å². The summed E-state index contributed by atoms with van der Waals surface area (Å²) in [6, 6.07) is 0. The lowest BCUT2D eigenvalue weighted by molar-refractivity contribution is 0.644. The lowest BCUT2D eigenvalue weighted by Crippen LogP contribution is -2.22. The van der Waals surface area contributed by atoms with Gasteiger partial charge >= 0.3 is 0 Å². The zero-order valence-corrected chi connectivity index (χ0v) is 7.60. The van der Waals surface area contributed by atoms with Crippen molar-refractivity contribution in [2.45, 2.75) is 13.0 Å². The topological polar surface area (TPSA) is 50.9 Å². The Morgan fingerprint density at radius 1 is 1.55 bits per heavy atom. The van der Waals surface area contributed by atoms with Gasteiger partial charge in [0.15, 0.2) is 5.13 Å². The van der Waals surface area contributed by atoms with E-state index in [-0.39, 0.29) is 12.4 Å². The van der Waals surface area contributed by atoms with Crippen LogP contribution in [-0.4, -0.2) is 11.5 Å². The fourth-order valence-electron chi connectivity index (χ4n) is 1.15. The van der Waals surface area contributed by atoms with Crippen LogP contribution in [0.15, 0.2) is 0 Å². The maximum absolute atomic E-state index is 5.54. The summed E-state index contributed by atoms with van der Waals surface area (Å²) in [5.41, 5.74) is 6.73. The Morgan fingerprint density at radius 3 is 3.09 bits per heavy atom. The normalized spacial score (nSPS) is 15.3. The van der Waals surface area contributed by atoms with Gasteiger partial charge in [-0.3, -0.25) is 0 Å². The number of aromatic nitrogens is 1. The highest BCUT2D eigenvalue weighted by molar-refractivity contribution is 7.15. The summed E-state index contributed by atoms with van der Waals surface area (Å²) in [4.78, 5) is 5.52. The molecule has 0 unspecified atom stereocenters. The van der Waals surface area contributed by atoms with Crippen molar-refractivity contribution in [3.05, 3.63) is 10.6 Å². The maximum atomic E-state index is 5.54. The second kappa shape index (κ2) is 3.38. The van der Waals surface area contributed by atoms with Gasteiger partial charge in [-0.1, -0.05) is 0 Å². The number of halogens is 1. The molecule has 0 atom stereocenters. The van der Waals surface area contributed by atoms with Crippen molar-refractivity contribution in [2.75, 3.05) is 12.3 Å². The van der Waals surface area contributed by atoms with Crippen LogP contribution in [0.4, 0.5) is 5.13 Å². The van der Waals surface area contributed by atoms with Crippen molar-refractivity contribution < 1.29 is 0 Å². The van der Waals surface area contributed by atoms with Crippen LogP contribution >= 0.6 is 23.7 Å². The Balaban J connectivity index is 0.000000605. The molecule has 0 aliphatic carbocycles. The van der Waals surface area contributed by atoms with E-state index in [0.717, 1.165) is 19.5 Å². The summed E-state index contributed by atoms with van der Waals surface area (Å²) in [7, 11) is 0. The minimum Gasteiger partial charge on any atom is -0.375 e. The lowest BCUT2D eigenvalue weighted by atomic mass is 10.2. The minimum atomic E-state index is 0. The minimum absolute atomic E-state index is 0. The van der Waals surface area contributed by atoms with Crippen molar-refractivity contribution in [1.82, 2.24) is 10.3 Å².